The summed E-state index contributed by atoms with van der Waals surface area (Å²) in [5.41, 5.74) is 3.19. The summed E-state index contributed by atoms with van der Waals surface area (Å²) in [6.07, 6.45) is 2.14. The molecule has 1 aliphatic rings. The maximum Gasteiger partial charge on any atom is 0.253 e. The molecule has 0 aromatic heterocycles. The third-order valence-electron chi connectivity index (χ3n) is 4.29. The predicted octanol–water partition coefficient (Wildman–Crippen LogP) is 3.82. The number of amides is 1. The number of likely N-dealkylation sites (tertiary alicyclic amines) is 1. The van der Waals surface area contributed by atoms with Crippen LogP contribution in [0.3, 0.4) is 0 Å². The van der Waals surface area contributed by atoms with Gasteiger partial charge in [-0.05, 0) is 37.5 Å². The molecule has 2 aromatic rings. The van der Waals surface area contributed by atoms with Crippen molar-refractivity contribution < 1.29 is 9.53 Å². The summed E-state index contributed by atoms with van der Waals surface area (Å²) in [6.45, 7) is 4.19. The van der Waals surface area contributed by atoms with Gasteiger partial charge in [0.1, 0.15) is 0 Å². The Kier molecular flexibility index (Phi) is 5.09. The number of carbonyl (C=O) groups is 1. The molecule has 0 spiro atoms. The van der Waals surface area contributed by atoms with Gasteiger partial charge in [0, 0.05) is 18.7 Å². The van der Waals surface area contributed by atoms with Crippen LogP contribution in [-0.4, -0.2) is 30.0 Å². The molecule has 1 aliphatic heterocycles. The highest BCUT2D eigenvalue weighted by Gasteiger charge is 2.24. The highest BCUT2D eigenvalue weighted by Crippen LogP contribution is 2.17. The lowest BCUT2D eigenvalue weighted by Gasteiger charge is -2.32. The monoisotopic (exact) mass is 309 g/mol. The summed E-state index contributed by atoms with van der Waals surface area (Å²) in [4.78, 5) is 14.4. The van der Waals surface area contributed by atoms with Gasteiger partial charge in [-0.25, -0.2) is 0 Å². The minimum absolute atomic E-state index is 0.106. The summed E-state index contributed by atoms with van der Waals surface area (Å²) in [6, 6.07) is 17.9. The van der Waals surface area contributed by atoms with Gasteiger partial charge < -0.3 is 9.64 Å². The van der Waals surface area contributed by atoms with Crippen LogP contribution < -0.4 is 0 Å². The number of benzene rings is 2. The predicted molar refractivity (Wildman–Crippen MR) is 91.3 cm³/mol. The van der Waals surface area contributed by atoms with E-state index >= 15 is 0 Å². The molecule has 3 rings (SSSR count). The van der Waals surface area contributed by atoms with Crippen molar-refractivity contribution in [3.63, 3.8) is 0 Å². The van der Waals surface area contributed by atoms with Crippen molar-refractivity contribution in [2.24, 2.45) is 0 Å². The number of hydrogen-bond acceptors (Lipinski definition) is 2. The average Bonchev–Trinajstić information content (AvgIpc) is 2.61. The van der Waals surface area contributed by atoms with Crippen LogP contribution in [0.15, 0.2) is 54.6 Å². The Morgan fingerprint density at radius 2 is 1.87 bits per heavy atom. The second kappa shape index (κ2) is 7.42. The van der Waals surface area contributed by atoms with E-state index in [0.717, 1.165) is 24.9 Å². The van der Waals surface area contributed by atoms with E-state index in [2.05, 4.69) is 31.2 Å². The van der Waals surface area contributed by atoms with Crippen molar-refractivity contribution in [3.05, 3.63) is 71.3 Å². The molecule has 1 heterocycles. The zero-order valence-electron chi connectivity index (χ0n) is 13.6. The minimum atomic E-state index is 0.106. The van der Waals surface area contributed by atoms with Crippen LogP contribution in [-0.2, 0) is 11.3 Å². The fourth-order valence-corrected chi connectivity index (χ4v) is 2.92. The lowest BCUT2D eigenvalue weighted by Crippen LogP contribution is -2.43. The first-order chi connectivity index (χ1) is 11.2. The van der Waals surface area contributed by atoms with Crippen molar-refractivity contribution in [1.82, 2.24) is 4.90 Å². The second-order valence-electron chi connectivity index (χ2n) is 6.18. The number of carbonyl (C=O) groups excluding carboxylic acids is 1. The van der Waals surface area contributed by atoms with Gasteiger partial charge in [-0.1, -0.05) is 48.0 Å². The summed E-state index contributed by atoms with van der Waals surface area (Å²) in [5, 5.41) is 0. The Morgan fingerprint density at radius 3 is 2.61 bits per heavy atom. The maximum absolute atomic E-state index is 12.5. The first-order valence-corrected chi connectivity index (χ1v) is 8.24. The molecular formula is C20H23NO2. The van der Waals surface area contributed by atoms with Crippen LogP contribution in [0.1, 0.15) is 34.3 Å². The summed E-state index contributed by atoms with van der Waals surface area (Å²) in [5.74, 6) is 0.106. The fourth-order valence-electron chi connectivity index (χ4n) is 2.92. The van der Waals surface area contributed by atoms with Crippen molar-refractivity contribution in [2.45, 2.75) is 32.5 Å². The number of piperidine rings is 1. The molecule has 2 aromatic carbocycles. The smallest absolute Gasteiger partial charge is 0.253 e. The van der Waals surface area contributed by atoms with Crippen LogP contribution in [0.2, 0.25) is 0 Å². The van der Waals surface area contributed by atoms with Gasteiger partial charge >= 0.3 is 0 Å². The van der Waals surface area contributed by atoms with E-state index in [1.807, 2.05) is 35.2 Å². The van der Waals surface area contributed by atoms with E-state index in [1.165, 1.54) is 11.1 Å². The van der Waals surface area contributed by atoms with Gasteiger partial charge in [-0.2, -0.15) is 0 Å². The molecule has 0 saturated carbocycles. The van der Waals surface area contributed by atoms with Crippen LogP contribution in [0.4, 0.5) is 0 Å². The molecule has 1 atom stereocenters. The molecule has 23 heavy (non-hydrogen) atoms. The van der Waals surface area contributed by atoms with E-state index in [0.29, 0.717) is 13.2 Å². The number of aryl methyl sites for hydroxylation is 1. The molecule has 1 amide bonds. The Balaban J connectivity index is 1.56. The minimum Gasteiger partial charge on any atom is -0.372 e. The maximum atomic E-state index is 12.5. The molecule has 1 saturated heterocycles. The van der Waals surface area contributed by atoms with Crippen molar-refractivity contribution in [2.75, 3.05) is 13.1 Å². The SMILES string of the molecule is Cc1ccc(CO[C@H]2CCCN(C(=O)c3ccccc3)C2)cc1. The third kappa shape index (κ3) is 4.20. The molecule has 0 N–H and O–H groups in total. The van der Waals surface area contributed by atoms with E-state index in [4.69, 9.17) is 4.74 Å². The Hall–Kier alpha value is -2.13. The van der Waals surface area contributed by atoms with Crippen molar-refractivity contribution in [1.29, 1.82) is 0 Å². The molecule has 0 aliphatic carbocycles. The third-order valence-corrected chi connectivity index (χ3v) is 4.29. The van der Waals surface area contributed by atoms with Gasteiger partial charge in [0.05, 0.1) is 12.7 Å². The van der Waals surface area contributed by atoms with Gasteiger partial charge in [-0.3, -0.25) is 4.79 Å². The molecule has 1 fully saturated rings. The van der Waals surface area contributed by atoms with Crippen LogP contribution in [0.5, 0.6) is 0 Å². The Bertz CT molecular complexity index is 636. The molecule has 0 radical (unpaired) electrons. The van der Waals surface area contributed by atoms with E-state index in [-0.39, 0.29) is 12.0 Å². The van der Waals surface area contributed by atoms with E-state index in [9.17, 15) is 4.79 Å². The molecule has 3 heteroatoms. The molecule has 120 valence electrons. The quantitative estimate of drug-likeness (QED) is 0.859. The number of nitrogens with zero attached hydrogens (tertiary/aromatic N) is 1. The molecule has 0 unspecified atom stereocenters. The van der Waals surface area contributed by atoms with Crippen LogP contribution in [0.25, 0.3) is 0 Å². The van der Waals surface area contributed by atoms with Gasteiger partial charge in [0.25, 0.3) is 5.91 Å². The zero-order valence-corrected chi connectivity index (χ0v) is 13.6. The lowest BCUT2D eigenvalue weighted by atomic mass is 10.1. The molecule has 0 bridgehead atoms. The molecule has 3 nitrogen and oxygen atoms in total. The number of rotatable bonds is 4. The highest BCUT2D eigenvalue weighted by molar-refractivity contribution is 5.94. The normalized spacial score (nSPS) is 18.0. The van der Waals surface area contributed by atoms with Crippen molar-refractivity contribution in [3.8, 4) is 0 Å². The summed E-state index contributed by atoms with van der Waals surface area (Å²) < 4.78 is 6.03. The standard InChI is InChI=1S/C20H23NO2/c1-16-9-11-17(12-10-16)15-23-19-8-5-13-21(14-19)20(22)18-6-3-2-4-7-18/h2-4,6-7,9-12,19H,5,8,13-15H2,1H3/t19-/m0/s1. The van der Waals surface area contributed by atoms with Crippen LogP contribution >= 0.6 is 0 Å². The number of ether oxygens (including phenoxy) is 1. The van der Waals surface area contributed by atoms with Gasteiger partial charge in [0.2, 0.25) is 0 Å². The second-order valence-corrected chi connectivity index (χ2v) is 6.18. The lowest BCUT2D eigenvalue weighted by molar-refractivity contribution is -0.00673. The summed E-state index contributed by atoms with van der Waals surface area (Å²) in [7, 11) is 0. The van der Waals surface area contributed by atoms with E-state index < -0.39 is 0 Å². The average molecular weight is 309 g/mol. The topological polar surface area (TPSA) is 29.5 Å². The molecular weight excluding hydrogens is 286 g/mol. The fraction of sp³-hybridized carbons (Fsp3) is 0.350. The largest absolute Gasteiger partial charge is 0.372 e. The van der Waals surface area contributed by atoms with Gasteiger partial charge in [-0.15, -0.1) is 0 Å². The highest BCUT2D eigenvalue weighted by atomic mass is 16.5. The van der Waals surface area contributed by atoms with Gasteiger partial charge in [0.15, 0.2) is 0 Å². The number of hydrogen-bond donors (Lipinski definition) is 0. The summed E-state index contributed by atoms with van der Waals surface area (Å²) >= 11 is 0. The zero-order chi connectivity index (χ0) is 16.1. The van der Waals surface area contributed by atoms with E-state index in [1.54, 1.807) is 0 Å². The first kappa shape index (κ1) is 15.8. The Labute approximate surface area is 137 Å². The van der Waals surface area contributed by atoms with Crippen molar-refractivity contribution >= 4 is 5.91 Å². The van der Waals surface area contributed by atoms with Crippen LogP contribution in [0, 0.1) is 6.92 Å². The Morgan fingerprint density at radius 1 is 1.13 bits per heavy atom. The first-order valence-electron chi connectivity index (χ1n) is 8.24.